The molecule has 4 rings (SSSR count). The summed E-state index contributed by atoms with van der Waals surface area (Å²) < 4.78 is 16.2. The van der Waals surface area contributed by atoms with E-state index in [0.717, 1.165) is 5.56 Å². The van der Waals surface area contributed by atoms with E-state index in [0.29, 0.717) is 33.4 Å². The van der Waals surface area contributed by atoms with E-state index in [-0.39, 0.29) is 19.2 Å². The van der Waals surface area contributed by atoms with Gasteiger partial charge in [-0.15, -0.1) is 0 Å². The van der Waals surface area contributed by atoms with Crippen LogP contribution in [0.1, 0.15) is 15.9 Å². The first-order valence-electron chi connectivity index (χ1n) is 6.78. The van der Waals surface area contributed by atoms with Crippen molar-refractivity contribution in [2.24, 2.45) is 0 Å². The number of para-hydroxylation sites is 1. The number of hydrogen-bond acceptors (Lipinski definition) is 4. The van der Waals surface area contributed by atoms with E-state index in [1.54, 1.807) is 30.3 Å². The van der Waals surface area contributed by atoms with Gasteiger partial charge in [0.25, 0.3) is 0 Å². The molecule has 0 aromatic heterocycles. The Balaban J connectivity index is 1.73. The van der Waals surface area contributed by atoms with Gasteiger partial charge in [-0.2, -0.15) is 0 Å². The Bertz CT molecular complexity index is 810. The van der Waals surface area contributed by atoms with E-state index >= 15 is 0 Å². The SMILES string of the molecule is O=C1/C(=C\c2cc(Cl)c3c(c2)OCO3)COc2ccccc21. The normalized spacial score (nSPS) is 17.3. The van der Waals surface area contributed by atoms with Crippen LogP contribution in [-0.2, 0) is 0 Å². The van der Waals surface area contributed by atoms with Crippen LogP contribution in [0.3, 0.4) is 0 Å². The highest BCUT2D eigenvalue weighted by atomic mass is 35.5. The van der Waals surface area contributed by atoms with E-state index in [1.807, 2.05) is 12.1 Å². The Morgan fingerprint density at radius 3 is 2.82 bits per heavy atom. The second kappa shape index (κ2) is 5.07. The summed E-state index contributed by atoms with van der Waals surface area (Å²) in [5, 5.41) is 0.464. The van der Waals surface area contributed by atoms with Crippen LogP contribution in [-0.4, -0.2) is 19.2 Å². The van der Waals surface area contributed by atoms with Gasteiger partial charge >= 0.3 is 0 Å². The predicted molar refractivity (Wildman–Crippen MR) is 81.8 cm³/mol. The van der Waals surface area contributed by atoms with Gasteiger partial charge in [-0.25, -0.2) is 0 Å². The molecule has 2 aliphatic heterocycles. The Labute approximate surface area is 131 Å². The molecular weight excluding hydrogens is 304 g/mol. The number of halogens is 1. The van der Waals surface area contributed by atoms with Crippen molar-refractivity contribution >= 4 is 23.5 Å². The van der Waals surface area contributed by atoms with Crippen LogP contribution in [0.4, 0.5) is 0 Å². The van der Waals surface area contributed by atoms with Gasteiger partial charge in [-0.1, -0.05) is 23.7 Å². The minimum Gasteiger partial charge on any atom is -0.488 e. The van der Waals surface area contributed by atoms with Crippen LogP contribution in [0, 0.1) is 0 Å². The van der Waals surface area contributed by atoms with E-state index in [1.165, 1.54) is 0 Å². The molecule has 0 saturated carbocycles. The molecule has 110 valence electrons. The third-order valence-corrected chi connectivity index (χ3v) is 3.88. The lowest BCUT2D eigenvalue weighted by atomic mass is 9.98. The number of carbonyl (C=O) groups is 1. The molecule has 0 saturated heterocycles. The number of ketones is 1. The molecule has 0 unspecified atom stereocenters. The first kappa shape index (κ1) is 13.2. The van der Waals surface area contributed by atoms with Crippen molar-refractivity contribution in [2.75, 3.05) is 13.4 Å². The van der Waals surface area contributed by atoms with Gasteiger partial charge in [0.2, 0.25) is 6.79 Å². The lowest BCUT2D eigenvalue weighted by Gasteiger charge is -2.18. The molecule has 0 fully saturated rings. The molecule has 0 amide bonds. The maximum absolute atomic E-state index is 12.5. The van der Waals surface area contributed by atoms with Gasteiger partial charge in [0, 0.05) is 5.57 Å². The fourth-order valence-electron chi connectivity index (χ4n) is 2.55. The summed E-state index contributed by atoms with van der Waals surface area (Å²) >= 11 is 6.16. The van der Waals surface area contributed by atoms with Gasteiger partial charge in [0.1, 0.15) is 12.4 Å². The average Bonchev–Trinajstić information content (AvgIpc) is 2.99. The van der Waals surface area contributed by atoms with Crippen LogP contribution in [0.15, 0.2) is 42.0 Å². The van der Waals surface area contributed by atoms with E-state index in [2.05, 4.69) is 0 Å². The Morgan fingerprint density at radius 2 is 1.91 bits per heavy atom. The van der Waals surface area contributed by atoms with E-state index < -0.39 is 0 Å². The van der Waals surface area contributed by atoms with Crippen molar-refractivity contribution in [3.63, 3.8) is 0 Å². The summed E-state index contributed by atoms with van der Waals surface area (Å²) in [6.07, 6.45) is 1.77. The molecular formula is C17H11ClO4. The summed E-state index contributed by atoms with van der Waals surface area (Å²) in [5.41, 5.74) is 1.93. The van der Waals surface area contributed by atoms with E-state index in [9.17, 15) is 4.79 Å². The van der Waals surface area contributed by atoms with Crippen LogP contribution in [0.2, 0.25) is 5.02 Å². The summed E-state index contributed by atoms with van der Waals surface area (Å²) in [4.78, 5) is 12.5. The molecule has 0 N–H and O–H groups in total. The highest BCUT2D eigenvalue weighted by Crippen LogP contribution is 2.40. The fraction of sp³-hybridized carbons (Fsp3) is 0.118. The Morgan fingerprint density at radius 1 is 1.05 bits per heavy atom. The molecule has 2 heterocycles. The van der Waals surface area contributed by atoms with Crippen LogP contribution >= 0.6 is 11.6 Å². The van der Waals surface area contributed by atoms with E-state index in [4.69, 9.17) is 25.8 Å². The zero-order valence-electron chi connectivity index (χ0n) is 11.5. The number of hydrogen-bond donors (Lipinski definition) is 0. The van der Waals surface area contributed by atoms with Gasteiger partial charge in [0.15, 0.2) is 17.3 Å². The van der Waals surface area contributed by atoms with Gasteiger partial charge in [-0.3, -0.25) is 4.79 Å². The lowest BCUT2D eigenvalue weighted by Crippen LogP contribution is -2.18. The number of fused-ring (bicyclic) bond motifs is 2. The predicted octanol–water partition coefficient (Wildman–Crippen LogP) is 3.73. The average molecular weight is 315 g/mol. The zero-order valence-corrected chi connectivity index (χ0v) is 12.2. The number of Topliss-reactive ketones (excluding diaryl/α,β-unsaturated/α-hetero) is 1. The summed E-state index contributed by atoms with van der Waals surface area (Å²) in [6.45, 7) is 0.395. The number of carbonyl (C=O) groups excluding carboxylic acids is 1. The zero-order chi connectivity index (χ0) is 15.1. The van der Waals surface area contributed by atoms with Crippen LogP contribution in [0.25, 0.3) is 6.08 Å². The largest absolute Gasteiger partial charge is 0.488 e. The Hall–Kier alpha value is -2.46. The van der Waals surface area contributed by atoms with Crippen molar-refractivity contribution in [1.29, 1.82) is 0 Å². The molecule has 2 aliphatic rings. The standard InChI is InChI=1S/C17H11ClO4/c18-13-6-10(7-15-17(13)22-9-21-15)5-11-8-20-14-4-2-1-3-12(14)16(11)19/h1-7H,8-9H2/b11-5-. The molecule has 0 aliphatic carbocycles. The number of rotatable bonds is 1. The monoisotopic (exact) mass is 314 g/mol. The molecule has 2 aromatic carbocycles. The van der Waals surface area contributed by atoms with Gasteiger partial charge < -0.3 is 14.2 Å². The third kappa shape index (κ3) is 2.12. The van der Waals surface area contributed by atoms with Crippen LogP contribution < -0.4 is 14.2 Å². The molecule has 0 spiro atoms. The van der Waals surface area contributed by atoms with Crippen molar-refractivity contribution in [1.82, 2.24) is 0 Å². The summed E-state index contributed by atoms with van der Waals surface area (Å²) in [6, 6.07) is 10.8. The molecule has 2 aromatic rings. The summed E-state index contributed by atoms with van der Waals surface area (Å²) in [7, 11) is 0. The smallest absolute Gasteiger partial charge is 0.231 e. The topological polar surface area (TPSA) is 44.8 Å². The van der Waals surface area contributed by atoms with Crippen molar-refractivity contribution in [2.45, 2.75) is 0 Å². The lowest BCUT2D eigenvalue weighted by molar-refractivity contribution is 0.100. The first-order valence-corrected chi connectivity index (χ1v) is 7.16. The molecule has 22 heavy (non-hydrogen) atoms. The second-order valence-corrected chi connectivity index (χ2v) is 5.43. The van der Waals surface area contributed by atoms with Crippen molar-refractivity contribution in [3.8, 4) is 17.2 Å². The highest BCUT2D eigenvalue weighted by molar-refractivity contribution is 6.32. The quantitative estimate of drug-likeness (QED) is 0.752. The number of ether oxygens (including phenoxy) is 3. The summed E-state index contributed by atoms with van der Waals surface area (Å²) in [5.74, 6) is 1.72. The number of benzene rings is 2. The Kier molecular flexibility index (Phi) is 3.05. The van der Waals surface area contributed by atoms with Gasteiger partial charge in [-0.05, 0) is 35.9 Å². The maximum atomic E-state index is 12.5. The van der Waals surface area contributed by atoms with Crippen LogP contribution in [0.5, 0.6) is 17.2 Å². The first-order chi connectivity index (χ1) is 10.7. The molecule has 4 nitrogen and oxygen atoms in total. The van der Waals surface area contributed by atoms with Crippen molar-refractivity contribution in [3.05, 3.63) is 58.1 Å². The second-order valence-electron chi connectivity index (χ2n) is 5.02. The molecule has 0 atom stereocenters. The van der Waals surface area contributed by atoms with Crippen molar-refractivity contribution < 1.29 is 19.0 Å². The molecule has 0 radical (unpaired) electrons. The third-order valence-electron chi connectivity index (χ3n) is 3.60. The van der Waals surface area contributed by atoms with Gasteiger partial charge in [0.05, 0.1) is 10.6 Å². The minimum atomic E-state index is -0.0318. The fourth-order valence-corrected chi connectivity index (χ4v) is 2.83. The molecule has 5 heteroatoms. The molecule has 0 bridgehead atoms. The highest BCUT2D eigenvalue weighted by Gasteiger charge is 2.23. The maximum Gasteiger partial charge on any atom is 0.231 e. The minimum absolute atomic E-state index is 0.0318.